The highest BCUT2D eigenvalue weighted by molar-refractivity contribution is 7.36. The summed E-state index contributed by atoms with van der Waals surface area (Å²) in [7, 11) is -2.42. The minimum Gasteiger partial charge on any atom is -0.433 e. The molecule has 0 aliphatic heterocycles. The molecule has 0 saturated heterocycles. The van der Waals surface area contributed by atoms with E-state index in [0.29, 0.717) is 12.3 Å². The number of benzene rings is 1. The quantitative estimate of drug-likeness (QED) is 0.553. The molecule has 108 valence electrons. The van der Waals surface area contributed by atoms with Crippen LogP contribution in [0.15, 0.2) is 30.3 Å². The Morgan fingerprint density at radius 3 is 2.37 bits per heavy atom. The lowest BCUT2D eigenvalue weighted by atomic mass is 10.2. The van der Waals surface area contributed by atoms with Gasteiger partial charge in [-0.15, -0.1) is 4.83 Å². The number of nitrogens with zero attached hydrogens (tertiary/aromatic N) is 1. The van der Waals surface area contributed by atoms with Gasteiger partial charge in [-0.25, -0.2) is 0 Å². The second kappa shape index (κ2) is 7.68. The van der Waals surface area contributed by atoms with Gasteiger partial charge in [0.15, 0.2) is 0 Å². The summed E-state index contributed by atoms with van der Waals surface area (Å²) in [6.07, 6.45) is 1.94. The van der Waals surface area contributed by atoms with Crippen molar-refractivity contribution in [3.63, 3.8) is 0 Å². The van der Waals surface area contributed by atoms with Gasteiger partial charge in [0, 0.05) is 6.54 Å². The van der Waals surface area contributed by atoms with Crippen molar-refractivity contribution in [1.82, 2.24) is 4.83 Å². The predicted octanol–water partition coefficient (Wildman–Crippen LogP) is 4.29. The number of unbranched alkanes of at least 4 members (excludes halogenated alkanes) is 1. The van der Waals surface area contributed by atoms with Crippen LogP contribution in [0.25, 0.3) is 0 Å². The Morgan fingerprint density at radius 1 is 1.21 bits per heavy atom. The Balaban J connectivity index is 2.65. The average Bonchev–Trinajstić information content (AvgIpc) is 2.34. The van der Waals surface area contributed by atoms with Gasteiger partial charge in [-0.1, -0.05) is 31.5 Å². The first kappa shape index (κ1) is 16.2. The fourth-order valence-corrected chi connectivity index (χ4v) is 2.58. The SMILES string of the molecule is CCCCN(OC(C)(C)C)[PH](=O)Oc1ccccc1. The molecule has 0 aliphatic carbocycles. The lowest BCUT2D eigenvalue weighted by Gasteiger charge is -2.28. The third-order valence-corrected chi connectivity index (χ3v) is 3.38. The maximum atomic E-state index is 12.3. The van der Waals surface area contributed by atoms with Crippen LogP contribution in [0, 0.1) is 0 Å². The average molecular weight is 285 g/mol. The van der Waals surface area contributed by atoms with Crippen molar-refractivity contribution in [3.05, 3.63) is 30.3 Å². The minimum absolute atomic E-state index is 0.381. The van der Waals surface area contributed by atoms with Gasteiger partial charge in [-0.2, -0.15) is 0 Å². The largest absolute Gasteiger partial charge is 0.433 e. The van der Waals surface area contributed by atoms with Crippen molar-refractivity contribution in [2.24, 2.45) is 0 Å². The maximum Gasteiger partial charge on any atom is 0.330 e. The summed E-state index contributed by atoms with van der Waals surface area (Å²) in [5, 5.41) is 0. The molecule has 0 aliphatic rings. The molecule has 0 aromatic heterocycles. The molecule has 0 N–H and O–H groups in total. The molecule has 0 radical (unpaired) electrons. The fraction of sp³-hybridized carbons (Fsp3) is 0.571. The predicted molar refractivity (Wildman–Crippen MR) is 78.5 cm³/mol. The van der Waals surface area contributed by atoms with Gasteiger partial charge in [0.25, 0.3) is 0 Å². The molecular formula is C14H24NO3P. The Morgan fingerprint density at radius 2 is 1.84 bits per heavy atom. The molecule has 5 heteroatoms. The highest BCUT2D eigenvalue weighted by Gasteiger charge is 2.22. The fourth-order valence-electron chi connectivity index (χ4n) is 1.45. The number of para-hydroxylation sites is 1. The van der Waals surface area contributed by atoms with Gasteiger partial charge in [-0.05, 0) is 39.3 Å². The summed E-state index contributed by atoms with van der Waals surface area (Å²) in [6, 6.07) is 9.18. The Hall–Kier alpha value is -0.830. The minimum atomic E-state index is -2.42. The van der Waals surface area contributed by atoms with Crippen LogP contribution in [0.2, 0.25) is 0 Å². The van der Waals surface area contributed by atoms with Crippen LogP contribution >= 0.6 is 8.18 Å². The van der Waals surface area contributed by atoms with E-state index in [1.165, 1.54) is 4.83 Å². The van der Waals surface area contributed by atoms with Crippen LogP contribution in [0.4, 0.5) is 0 Å². The molecule has 0 amide bonds. The number of hydroxylamine groups is 1. The van der Waals surface area contributed by atoms with Gasteiger partial charge in [0.2, 0.25) is 0 Å². The van der Waals surface area contributed by atoms with Gasteiger partial charge >= 0.3 is 8.18 Å². The number of hydrogen-bond donors (Lipinski definition) is 0. The molecule has 0 bridgehead atoms. The van der Waals surface area contributed by atoms with Crippen molar-refractivity contribution < 1.29 is 13.9 Å². The van der Waals surface area contributed by atoms with E-state index < -0.39 is 8.18 Å². The van der Waals surface area contributed by atoms with Gasteiger partial charge in [-0.3, -0.25) is 9.40 Å². The van der Waals surface area contributed by atoms with Gasteiger partial charge in [0.1, 0.15) is 5.75 Å². The highest BCUT2D eigenvalue weighted by atomic mass is 31.1. The van der Waals surface area contributed by atoms with E-state index in [1.807, 2.05) is 39.0 Å². The lowest BCUT2D eigenvalue weighted by Crippen LogP contribution is -2.30. The van der Waals surface area contributed by atoms with Crippen LogP contribution in [0.3, 0.4) is 0 Å². The van der Waals surface area contributed by atoms with Crippen LogP contribution in [0.1, 0.15) is 40.5 Å². The van der Waals surface area contributed by atoms with Crippen molar-refractivity contribution in [3.8, 4) is 5.75 Å². The van der Waals surface area contributed by atoms with E-state index in [4.69, 9.17) is 9.36 Å². The molecule has 19 heavy (non-hydrogen) atoms. The normalized spacial score (nSPS) is 13.5. The van der Waals surface area contributed by atoms with Gasteiger partial charge < -0.3 is 4.52 Å². The van der Waals surface area contributed by atoms with Crippen molar-refractivity contribution in [1.29, 1.82) is 0 Å². The number of hydrogen-bond acceptors (Lipinski definition) is 3. The van der Waals surface area contributed by atoms with Crippen molar-refractivity contribution >= 4 is 8.18 Å². The maximum absolute atomic E-state index is 12.3. The molecule has 0 fully saturated rings. The van der Waals surface area contributed by atoms with Gasteiger partial charge in [0.05, 0.1) is 5.60 Å². The molecular weight excluding hydrogens is 261 g/mol. The first-order valence-electron chi connectivity index (χ1n) is 6.66. The Labute approximate surface area is 116 Å². The zero-order valence-electron chi connectivity index (χ0n) is 12.2. The zero-order chi connectivity index (χ0) is 14.3. The summed E-state index contributed by atoms with van der Waals surface area (Å²) in [4.78, 5) is 7.20. The van der Waals surface area contributed by atoms with E-state index in [1.54, 1.807) is 12.1 Å². The molecule has 4 nitrogen and oxygen atoms in total. The van der Waals surface area contributed by atoms with Crippen molar-refractivity contribution in [2.75, 3.05) is 6.54 Å². The van der Waals surface area contributed by atoms with E-state index in [-0.39, 0.29) is 5.60 Å². The standard InChI is InChI=1S/C14H24NO3P/c1-5-6-12-15(18-14(2,3)4)19(16)17-13-10-8-7-9-11-13/h7-11,19H,5-6,12H2,1-4H3. The Kier molecular flexibility index (Phi) is 6.56. The van der Waals surface area contributed by atoms with Crippen molar-refractivity contribution in [2.45, 2.75) is 46.1 Å². The van der Waals surface area contributed by atoms with E-state index in [0.717, 1.165) is 12.8 Å². The monoisotopic (exact) mass is 285 g/mol. The van der Waals surface area contributed by atoms with E-state index in [2.05, 4.69) is 6.92 Å². The molecule has 0 spiro atoms. The molecule has 0 saturated carbocycles. The molecule has 1 unspecified atom stereocenters. The molecule has 0 heterocycles. The first-order valence-corrected chi connectivity index (χ1v) is 7.92. The summed E-state index contributed by atoms with van der Waals surface area (Å²) < 4.78 is 17.7. The van der Waals surface area contributed by atoms with Crippen LogP contribution in [0.5, 0.6) is 5.75 Å². The summed E-state index contributed by atoms with van der Waals surface area (Å²) in [5.41, 5.74) is -0.381. The van der Waals surface area contributed by atoms with E-state index >= 15 is 0 Å². The molecule has 1 rings (SSSR count). The van der Waals surface area contributed by atoms with Crippen LogP contribution in [-0.2, 0) is 9.40 Å². The zero-order valence-corrected chi connectivity index (χ0v) is 13.2. The molecule has 1 aromatic carbocycles. The summed E-state index contributed by atoms with van der Waals surface area (Å²) >= 11 is 0. The third-order valence-electron chi connectivity index (χ3n) is 2.25. The third kappa shape index (κ3) is 6.76. The second-order valence-corrected chi connectivity index (χ2v) is 6.58. The smallest absolute Gasteiger partial charge is 0.330 e. The van der Waals surface area contributed by atoms with Crippen LogP contribution < -0.4 is 4.52 Å². The van der Waals surface area contributed by atoms with Crippen LogP contribution in [-0.4, -0.2) is 17.0 Å². The Bertz CT molecular complexity index is 389. The lowest BCUT2D eigenvalue weighted by molar-refractivity contribution is -0.173. The molecule has 1 aromatic rings. The first-order chi connectivity index (χ1) is 8.92. The highest BCUT2D eigenvalue weighted by Crippen LogP contribution is 2.33. The number of rotatable bonds is 7. The molecule has 1 atom stereocenters. The second-order valence-electron chi connectivity index (χ2n) is 5.34. The topological polar surface area (TPSA) is 38.8 Å². The summed E-state index contributed by atoms with van der Waals surface area (Å²) in [6.45, 7) is 8.50. The van der Waals surface area contributed by atoms with E-state index in [9.17, 15) is 4.57 Å². The summed E-state index contributed by atoms with van der Waals surface area (Å²) in [5.74, 6) is 0.602.